The van der Waals surface area contributed by atoms with E-state index >= 15 is 0 Å². The van der Waals surface area contributed by atoms with Gasteiger partial charge in [-0.25, -0.2) is 0 Å². The zero-order chi connectivity index (χ0) is 16.6. The number of aliphatic imine (C=N–C) groups is 1. The molecule has 0 bridgehead atoms. The summed E-state index contributed by atoms with van der Waals surface area (Å²) in [6.07, 6.45) is 7.70. The summed E-state index contributed by atoms with van der Waals surface area (Å²) >= 11 is 0. The molecule has 0 aromatic carbocycles. The van der Waals surface area contributed by atoms with E-state index in [-0.39, 0.29) is 5.91 Å². The van der Waals surface area contributed by atoms with Gasteiger partial charge in [0.1, 0.15) is 0 Å². The Labute approximate surface area is 135 Å². The minimum Gasteiger partial charge on any atom is -0.359 e. The Morgan fingerprint density at radius 1 is 1.23 bits per heavy atom. The molecule has 1 aliphatic rings. The lowest BCUT2D eigenvalue weighted by Crippen LogP contribution is -2.50. The highest BCUT2D eigenvalue weighted by molar-refractivity contribution is 5.84. The van der Waals surface area contributed by atoms with Crippen LogP contribution >= 0.6 is 0 Å². The summed E-state index contributed by atoms with van der Waals surface area (Å²) in [5.41, 5.74) is -0.453. The summed E-state index contributed by atoms with van der Waals surface area (Å²) in [4.78, 5) is 16.1. The third-order valence-corrected chi connectivity index (χ3v) is 4.65. The molecule has 0 aliphatic heterocycles. The molecule has 5 nitrogen and oxygen atoms in total. The van der Waals surface area contributed by atoms with Gasteiger partial charge in [-0.3, -0.25) is 9.79 Å². The summed E-state index contributed by atoms with van der Waals surface area (Å²) in [6, 6.07) is 0.502. The summed E-state index contributed by atoms with van der Waals surface area (Å²) < 4.78 is 0. The van der Waals surface area contributed by atoms with Gasteiger partial charge in [0.15, 0.2) is 5.96 Å². The molecule has 0 atom stereocenters. The van der Waals surface area contributed by atoms with Crippen LogP contribution in [-0.4, -0.2) is 38.5 Å². The van der Waals surface area contributed by atoms with Crippen LogP contribution in [0.4, 0.5) is 0 Å². The average Bonchev–Trinajstić information content (AvgIpc) is 2.52. The van der Waals surface area contributed by atoms with E-state index in [1.807, 2.05) is 13.8 Å². The number of hydrogen-bond donors (Lipinski definition) is 3. The van der Waals surface area contributed by atoms with E-state index in [1.54, 1.807) is 14.1 Å². The maximum atomic E-state index is 11.8. The third kappa shape index (κ3) is 5.85. The van der Waals surface area contributed by atoms with Gasteiger partial charge in [-0.1, -0.05) is 19.8 Å². The highest BCUT2D eigenvalue weighted by Crippen LogP contribution is 2.27. The maximum Gasteiger partial charge on any atom is 0.227 e. The molecule has 0 spiro atoms. The van der Waals surface area contributed by atoms with Crippen molar-refractivity contribution in [2.24, 2.45) is 16.3 Å². The van der Waals surface area contributed by atoms with Crippen LogP contribution in [0.5, 0.6) is 0 Å². The van der Waals surface area contributed by atoms with Crippen molar-refractivity contribution in [3.05, 3.63) is 0 Å². The van der Waals surface area contributed by atoms with Crippen molar-refractivity contribution in [3.63, 3.8) is 0 Å². The maximum absolute atomic E-state index is 11.8. The fourth-order valence-electron chi connectivity index (χ4n) is 3.12. The fourth-order valence-corrected chi connectivity index (χ4v) is 3.12. The Bertz CT molecular complexity index is 371. The monoisotopic (exact) mass is 310 g/mol. The predicted octanol–water partition coefficient (Wildman–Crippen LogP) is 2.28. The van der Waals surface area contributed by atoms with Gasteiger partial charge < -0.3 is 16.0 Å². The summed E-state index contributed by atoms with van der Waals surface area (Å²) in [7, 11) is 3.46. The van der Waals surface area contributed by atoms with E-state index in [4.69, 9.17) is 0 Å². The van der Waals surface area contributed by atoms with Gasteiger partial charge in [0, 0.05) is 26.7 Å². The smallest absolute Gasteiger partial charge is 0.227 e. The van der Waals surface area contributed by atoms with Crippen LogP contribution in [0.2, 0.25) is 0 Å². The van der Waals surface area contributed by atoms with Crippen molar-refractivity contribution in [2.75, 3.05) is 20.6 Å². The zero-order valence-corrected chi connectivity index (χ0v) is 15.0. The predicted molar refractivity (Wildman–Crippen MR) is 93.0 cm³/mol. The number of carbonyl (C=O) groups is 1. The number of amides is 1. The SMILES string of the molecule is CCCC1CCC(NC(=NC)NCC(C)(C)C(=O)NC)CC1. The van der Waals surface area contributed by atoms with Crippen molar-refractivity contribution in [2.45, 2.75) is 65.3 Å². The molecule has 1 saturated carbocycles. The fraction of sp³-hybridized carbons (Fsp3) is 0.882. The van der Waals surface area contributed by atoms with Gasteiger partial charge in [-0.2, -0.15) is 0 Å². The molecule has 0 unspecified atom stereocenters. The lowest BCUT2D eigenvalue weighted by molar-refractivity contribution is -0.128. The van der Waals surface area contributed by atoms with Gasteiger partial charge in [-0.05, 0) is 45.4 Å². The Balaban J connectivity index is 2.39. The molecule has 0 heterocycles. The van der Waals surface area contributed by atoms with Gasteiger partial charge in [0.25, 0.3) is 0 Å². The van der Waals surface area contributed by atoms with Crippen LogP contribution in [0, 0.1) is 11.3 Å². The van der Waals surface area contributed by atoms with Crippen LogP contribution in [0.15, 0.2) is 4.99 Å². The molecule has 0 radical (unpaired) electrons. The second-order valence-corrected chi connectivity index (χ2v) is 7.04. The number of nitrogens with zero attached hydrogens (tertiary/aromatic N) is 1. The molecule has 5 heteroatoms. The van der Waals surface area contributed by atoms with Crippen LogP contribution in [0.3, 0.4) is 0 Å². The standard InChI is InChI=1S/C17H34N4O/c1-6-7-13-8-10-14(11-9-13)21-16(19-5)20-12-17(2,3)15(22)18-4/h13-14H,6-12H2,1-5H3,(H,18,22)(H2,19,20,21). The number of nitrogens with one attached hydrogen (secondary N) is 3. The Morgan fingerprint density at radius 3 is 2.36 bits per heavy atom. The first kappa shape index (κ1) is 18.8. The van der Waals surface area contributed by atoms with Crippen LogP contribution in [-0.2, 0) is 4.79 Å². The minimum atomic E-state index is -0.453. The second kappa shape index (κ2) is 9.01. The second-order valence-electron chi connectivity index (χ2n) is 7.04. The van der Waals surface area contributed by atoms with Crippen molar-refractivity contribution in [1.29, 1.82) is 0 Å². The topological polar surface area (TPSA) is 65.5 Å². The molecule has 128 valence electrons. The molecule has 22 heavy (non-hydrogen) atoms. The van der Waals surface area contributed by atoms with Crippen LogP contribution < -0.4 is 16.0 Å². The van der Waals surface area contributed by atoms with Crippen molar-refractivity contribution in [1.82, 2.24) is 16.0 Å². The van der Waals surface area contributed by atoms with Gasteiger partial charge in [0.2, 0.25) is 5.91 Å². The minimum absolute atomic E-state index is 0.0375. The van der Waals surface area contributed by atoms with E-state index < -0.39 is 5.41 Å². The molecule has 1 amide bonds. The van der Waals surface area contributed by atoms with E-state index in [9.17, 15) is 4.79 Å². The zero-order valence-electron chi connectivity index (χ0n) is 15.0. The van der Waals surface area contributed by atoms with E-state index in [2.05, 4.69) is 27.9 Å². The molecule has 1 aliphatic carbocycles. The molecule has 0 aromatic heterocycles. The van der Waals surface area contributed by atoms with Crippen molar-refractivity contribution >= 4 is 11.9 Å². The first-order chi connectivity index (χ1) is 10.4. The average molecular weight is 310 g/mol. The highest BCUT2D eigenvalue weighted by Gasteiger charge is 2.27. The molecule has 0 saturated heterocycles. The van der Waals surface area contributed by atoms with Gasteiger partial charge in [0.05, 0.1) is 5.41 Å². The molecule has 1 fully saturated rings. The van der Waals surface area contributed by atoms with E-state index in [0.717, 1.165) is 11.9 Å². The van der Waals surface area contributed by atoms with Crippen molar-refractivity contribution < 1.29 is 4.79 Å². The van der Waals surface area contributed by atoms with Crippen LogP contribution in [0.1, 0.15) is 59.3 Å². The molecule has 3 N–H and O–H groups in total. The number of rotatable bonds is 6. The van der Waals surface area contributed by atoms with E-state index in [1.165, 1.54) is 38.5 Å². The first-order valence-corrected chi connectivity index (χ1v) is 8.62. The molecular formula is C17H34N4O. The molecule has 0 aromatic rings. The van der Waals surface area contributed by atoms with Crippen molar-refractivity contribution in [3.8, 4) is 0 Å². The molecule has 1 rings (SSSR count). The highest BCUT2D eigenvalue weighted by atomic mass is 16.2. The normalized spacial score (nSPS) is 23.0. The van der Waals surface area contributed by atoms with E-state index in [0.29, 0.717) is 12.6 Å². The lowest BCUT2D eigenvalue weighted by atomic mass is 9.83. The van der Waals surface area contributed by atoms with Gasteiger partial charge >= 0.3 is 0 Å². The first-order valence-electron chi connectivity index (χ1n) is 8.62. The Hall–Kier alpha value is -1.26. The number of hydrogen-bond acceptors (Lipinski definition) is 2. The van der Waals surface area contributed by atoms with Gasteiger partial charge in [-0.15, -0.1) is 0 Å². The quantitative estimate of drug-likeness (QED) is 0.521. The lowest BCUT2D eigenvalue weighted by Gasteiger charge is -2.31. The van der Waals surface area contributed by atoms with Crippen LogP contribution in [0.25, 0.3) is 0 Å². The Kier molecular flexibility index (Phi) is 7.69. The number of guanidine groups is 1. The summed E-state index contributed by atoms with van der Waals surface area (Å²) in [5.74, 6) is 1.75. The Morgan fingerprint density at radius 2 is 1.86 bits per heavy atom. The number of carbonyl (C=O) groups excluding carboxylic acids is 1. The largest absolute Gasteiger partial charge is 0.359 e. The molecular weight excluding hydrogens is 276 g/mol. The summed E-state index contributed by atoms with van der Waals surface area (Å²) in [6.45, 7) is 6.70. The summed E-state index contributed by atoms with van der Waals surface area (Å²) in [5, 5.41) is 9.50. The third-order valence-electron chi connectivity index (χ3n) is 4.65.